The van der Waals surface area contributed by atoms with Crippen molar-refractivity contribution in [3.05, 3.63) is 0 Å². The zero-order valence-electron chi connectivity index (χ0n) is 12.0. The summed E-state index contributed by atoms with van der Waals surface area (Å²) in [5.74, 6) is 0. The summed E-state index contributed by atoms with van der Waals surface area (Å²) in [6.07, 6.45) is 1.30. The molecule has 0 N–H and O–H groups in total. The van der Waals surface area contributed by atoms with Crippen molar-refractivity contribution in [2.75, 3.05) is 59.9 Å². The van der Waals surface area contributed by atoms with E-state index in [1.165, 1.54) is 52.2 Å². The molecule has 0 amide bonds. The Morgan fingerprint density at radius 1 is 0.938 bits per heavy atom. The van der Waals surface area contributed by atoms with Gasteiger partial charge in [0.05, 0.1) is 0 Å². The van der Waals surface area contributed by atoms with Crippen molar-refractivity contribution in [3.8, 4) is 0 Å². The van der Waals surface area contributed by atoms with Crippen LogP contribution in [-0.4, -0.2) is 74.6 Å². The van der Waals surface area contributed by atoms with Crippen LogP contribution in [0.15, 0.2) is 0 Å². The van der Waals surface area contributed by atoms with Crippen LogP contribution >= 0.6 is 0 Å². The van der Waals surface area contributed by atoms with E-state index in [0.29, 0.717) is 0 Å². The third kappa shape index (κ3) is 7.20. The van der Waals surface area contributed by atoms with Crippen LogP contribution in [0.5, 0.6) is 0 Å². The molecule has 1 saturated heterocycles. The van der Waals surface area contributed by atoms with Gasteiger partial charge in [0.15, 0.2) is 0 Å². The molecule has 0 bridgehead atoms. The summed E-state index contributed by atoms with van der Waals surface area (Å²) in [6, 6.07) is 0. The van der Waals surface area contributed by atoms with Crippen molar-refractivity contribution in [3.63, 3.8) is 0 Å². The van der Waals surface area contributed by atoms with Gasteiger partial charge >= 0.3 is 0 Å². The third-order valence-corrected chi connectivity index (χ3v) is 2.99. The molecule has 0 saturated carbocycles. The molecular weight excluding hydrogens is 198 g/mol. The highest BCUT2D eigenvalue weighted by molar-refractivity contribution is 4.70. The predicted octanol–water partition coefficient (Wildman–Crippen LogP) is 1.60. The van der Waals surface area contributed by atoms with E-state index in [0.717, 1.165) is 0 Å². The van der Waals surface area contributed by atoms with Gasteiger partial charge in [0, 0.05) is 26.2 Å². The van der Waals surface area contributed by atoms with E-state index < -0.39 is 0 Å². The highest BCUT2D eigenvalue weighted by atomic mass is 15.3. The van der Waals surface area contributed by atoms with Gasteiger partial charge in [0.2, 0.25) is 0 Å². The van der Waals surface area contributed by atoms with Crippen LogP contribution in [0.25, 0.3) is 0 Å². The van der Waals surface area contributed by atoms with Gasteiger partial charge in [-0.15, -0.1) is 0 Å². The Labute approximate surface area is 102 Å². The average molecular weight is 229 g/mol. The van der Waals surface area contributed by atoms with Crippen LogP contribution in [0, 0.1) is 0 Å². The van der Waals surface area contributed by atoms with E-state index in [1.807, 2.05) is 13.8 Å². The molecule has 1 rings (SSSR count). The lowest BCUT2D eigenvalue weighted by Crippen LogP contribution is -2.46. The number of rotatable bonds is 5. The van der Waals surface area contributed by atoms with Crippen molar-refractivity contribution in [1.82, 2.24) is 14.7 Å². The molecule has 0 unspecified atom stereocenters. The summed E-state index contributed by atoms with van der Waals surface area (Å²) in [7, 11) is 4.30. The minimum atomic E-state index is 1.21. The lowest BCUT2D eigenvalue weighted by molar-refractivity contribution is 0.133. The van der Waals surface area contributed by atoms with Gasteiger partial charge in [-0.2, -0.15) is 0 Å². The van der Waals surface area contributed by atoms with Gasteiger partial charge in [-0.1, -0.05) is 20.8 Å². The number of likely N-dealkylation sites (N-methyl/N-ethyl adjacent to an activating group) is 1. The smallest absolute Gasteiger partial charge is 0.0110 e. The van der Waals surface area contributed by atoms with Gasteiger partial charge in [-0.3, -0.25) is 0 Å². The Bertz CT molecular complexity index is 140. The first-order valence-electron chi connectivity index (χ1n) is 6.82. The summed E-state index contributed by atoms with van der Waals surface area (Å²) < 4.78 is 0. The van der Waals surface area contributed by atoms with Crippen molar-refractivity contribution in [2.24, 2.45) is 0 Å². The van der Waals surface area contributed by atoms with Crippen molar-refractivity contribution in [2.45, 2.75) is 27.2 Å². The molecule has 0 atom stereocenters. The molecule has 3 nitrogen and oxygen atoms in total. The Kier molecular flexibility index (Phi) is 9.99. The summed E-state index contributed by atoms with van der Waals surface area (Å²) in [6.45, 7) is 15.0. The lowest BCUT2D eigenvalue weighted by Gasteiger charge is -2.34. The van der Waals surface area contributed by atoms with Gasteiger partial charge < -0.3 is 14.7 Å². The third-order valence-electron chi connectivity index (χ3n) is 2.99. The number of hydrogen-bond acceptors (Lipinski definition) is 3. The quantitative estimate of drug-likeness (QED) is 0.709. The van der Waals surface area contributed by atoms with Gasteiger partial charge in [-0.05, 0) is 40.2 Å². The fourth-order valence-electron chi connectivity index (χ4n) is 1.94. The first kappa shape index (κ1) is 15.9. The summed E-state index contributed by atoms with van der Waals surface area (Å²) in [5.41, 5.74) is 0. The predicted molar refractivity (Wildman–Crippen MR) is 73.1 cm³/mol. The van der Waals surface area contributed by atoms with Crippen molar-refractivity contribution in [1.29, 1.82) is 0 Å². The van der Waals surface area contributed by atoms with Crippen LogP contribution in [0.3, 0.4) is 0 Å². The van der Waals surface area contributed by atoms with E-state index in [2.05, 4.69) is 35.7 Å². The minimum absolute atomic E-state index is 1.21. The van der Waals surface area contributed by atoms with E-state index in [9.17, 15) is 0 Å². The van der Waals surface area contributed by atoms with E-state index >= 15 is 0 Å². The SMILES string of the molecule is CC.CCN1CCN(CCCN(C)C)CC1. The molecular formula is C13H31N3. The lowest BCUT2D eigenvalue weighted by atomic mass is 10.3. The standard InChI is InChI=1S/C11H25N3.C2H6/c1-4-13-8-10-14(11-9-13)7-5-6-12(2)3;1-2/h4-11H2,1-3H3;1-2H3. The number of piperazine rings is 1. The summed E-state index contributed by atoms with van der Waals surface area (Å²) in [4.78, 5) is 7.39. The van der Waals surface area contributed by atoms with Crippen LogP contribution in [0.1, 0.15) is 27.2 Å². The van der Waals surface area contributed by atoms with Gasteiger partial charge in [0.1, 0.15) is 0 Å². The number of nitrogens with zero attached hydrogens (tertiary/aromatic N) is 3. The Balaban J connectivity index is 0.00000106. The van der Waals surface area contributed by atoms with Crippen molar-refractivity contribution < 1.29 is 0 Å². The van der Waals surface area contributed by atoms with Crippen molar-refractivity contribution >= 4 is 0 Å². The number of hydrogen-bond donors (Lipinski definition) is 0. The van der Waals surface area contributed by atoms with Crippen LogP contribution in [-0.2, 0) is 0 Å². The molecule has 1 heterocycles. The van der Waals surface area contributed by atoms with Gasteiger partial charge in [0.25, 0.3) is 0 Å². The molecule has 0 aliphatic carbocycles. The molecule has 0 aromatic carbocycles. The van der Waals surface area contributed by atoms with Crippen LogP contribution < -0.4 is 0 Å². The second-order valence-corrected chi connectivity index (χ2v) is 4.43. The maximum atomic E-state index is 2.59. The fourth-order valence-corrected chi connectivity index (χ4v) is 1.94. The molecule has 98 valence electrons. The molecule has 1 aliphatic heterocycles. The second kappa shape index (κ2) is 10.1. The Morgan fingerprint density at radius 3 is 1.88 bits per heavy atom. The Hall–Kier alpha value is -0.120. The normalized spacial score (nSPS) is 18.4. The molecule has 0 aromatic rings. The first-order chi connectivity index (χ1) is 7.72. The largest absolute Gasteiger partial charge is 0.309 e. The highest BCUT2D eigenvalue weighted by Gasteiger charge is 2.14. The molecule has 1 aliphatic rings. The maximum absolute atomic E-state index is 2.59. The topological polar surface area (TPSA) is 9.72 Å². The zero-order chi connectivity index (χ0) is 12.4. The van der Waals surface area contributed by atoms with Crippen LogP contribution in [0.4, 0.5) is 0 Å². The average Bonchev–Trinajstić information content (AvgIpc) is 2.32. The molecule has 0 spiro atoms. The fraction of sp³-hybridized carbons (Fsp3) is 1.00. The van der Waals surface area contributed by atoms with E-state index in [-0.39, 0.29) is 0 Å². The van der Waals surface area contributed by atoms with E-state index in [1.54, 1.807) is 0 Å². The highest BCUT2D eigenvalue weighted by Crippen LogP contribution is 2.01. The molecule has 3 heteroatoms. The minimum Gasteiger partial charge on any atom is -0.309 e. The van der Waals surface area contributed by atoms with Gasteiger partial charge in [-0.25, -0.2) is 0 Å². The maximum Gasteiger partial charge on any atom is 0.0110 e. The first-order valence-corrected chi connectivity index (χ1v) is 6.82. The molecule has 0 radical (unpaired) electrons. The Morgan fingerprint density at radius 2 is 1.44 bits per heavy atom. The molecule has 16 heavy (non-hydrogen) atoms. The molecule has 0 aromatic heterocycles. The zero-order valence-corrected chi connectivity index (χ0v) is 12.0. The summed E-state index contributed by atoms with van der Waals surface area (Å²) >= 11 is 0. The second-order valence-electron chi connectivity index (χ2n) is 4.43. The van der Waals surface area contributed by atoms with E-state index in [4.69, 9.17) is 0 Å². The molecule has 1 fully saturated rings. The van der Waals surface area contributed by atoms with Crippen LogP contribution in [0.2, 0.25) is 0 Å². The summed E-state index contributed by atoms with van der Waals surface area (Å²) in [5, 5.41) is 0. The monoisotopic (exact) mass is 229 g/mol.